The van der Waals surface area contributed by atoms with Crippen LogP contribution in [0.2, 0.25) is 0 Å². The zero-order valence-corrected chi connectivity index (χ0v) is 14.7. The van der Waals surface area contributed by atoms with Crippen molar-refractivity contribution in [1.29, 1.82) is 0 Å². The van der Waals surface area contributed by atoms with E-state index in [9.17, 15) is 31.1 Å². The summed E-state index contributed by atoms with van der Waals surface area (Å²) >= 11 is 0. The van der Waals surface area contributed by atoms with Crippen LogP contribution in [0.4, 0.5) is 26.3 Å². The van der Waals surface area contributed by atoms with Gasteiger partial charge in [-0.1, -0.05) is 36.4 Å². The van der Waals surface area contributed by atoms with Crippen molar-refractivity contribution in [1.82, 2.24) is 14.8 Å². The molecule has 0 saturated carbocycles. The summed E-state index contributed by atoms with van der Waals surface area (Å²) in [7, 11) is 0. The average molecular weight is 427 g/mol. The van der Waals surface area contributed by atoms with Gasteiger partial charge < -0.3 is 5.11 Å². The van der Waals surface area contributed by atoms with Gasteiger partial charge in [0.2, 0.25) is 0 Å². The number of aromatic nitrogens is 3. The largest absolute Gasteiger partial charge is 0.478 e. The second-order valence-electron chi connectivity index (χ2n) is 5.94. The lowest BCUT2D eigenvalue weighted by atomic mass is 10.1. The van der Waals surface area contributed by atoms with E-state index in [-0.39, 0.29) is 0 Å². The number of hydrogen-bond donors (Lipinski definition) is 1. The van der Waals surface area contributed by atoms with Gasteiger partial charge in [0.15, 0.2) is 11.6 Å². The Kier molecular flexibility index (Phi) is 5.38. The number of benzene rings is 2. The van der Waals surface area contributed by atoms with E-state index in [1.54, 1.807) is 0 Å². The summed E-state index contributed by atoms with van der Waals surface area (Å²) in [5, 5.41) is 12.6. The molecule has 3 rings (SSSR count). The summed E-state index contributed by atoms with van der Waals surface area (Å²) in [6.07, 6.45) is -8.16. The fourth-order valence-electron chi connectivity index (χ4n) is 2.71. The summed E-state index contributed by atoms with van der Waals surface area (Å²) in [4.78, 5) is 14.7. The van der Waals surface area contributed by atoms with Gasteiger partial charge in [-0.2, -0.15) is 26.3 Å². The second kappa shape index (κ2) is 7.65. The molecule has 0 radical (unpaired) electrons. The van der Waals surface area contributed by atoms with E-state index in [2.05, 4.69) is 10.1 Å². The third-order valence-corrected chi connectivity index (χ3v) is 3.94. The minimum absolute atomic E-state index is 0.460. The Bertz CT molecular complexity index is 1120. The predicted octanol–water partition coefficient (Wildman–Crippen LogP) is 5.21. The maximum atomic E-state index is 13.4. The number of carbonyl (C=O) groups is 1. The molecule has 0 aliphatic rings. The first-order valence-electron chi connectivity index (χ1n) is 8.19. The maximum Gasteiger partial charge on any atom is 0.417 e. The number of aliphatic carboxylic acids is 1. The zero-order chi connectivity index (χ0) is 22.1. The molecule has 1 heterocycles. The van der Waals surface area contributed by atoms with Gasteiger partial charge in [0.25, 0.3) is 0 Å². The summed E-state index contributed by atoms with van der Waals surface area (Å²) in [5.41, 5.74) is -3.11. The first-order chi connectivity index (χ1) is 14.0. The van der Waals surface area contributed by atoms with E-state index < -0.39 is 52.2 Å². The van der Waals surface area contributed by atoms with Gasteiger partial charge in [-0.25, -0.2) is 14.5 Å². The smallest absolute Gasteiger partial charge is 0.417 e. The number of carboxylic acid groups (broad SMARTS) is 1. The SMILES string of the molecule is O=C(O)C=Cn1nc(-c2ccccc2C(F)(F)F)nc1-c1ccccc1C(F)(F)F. The molecule has 0 saturated heterocycles. The molecule has 5 nitrogen and oxygen atoms in total. The Labute approximate surface area is 164 Å². The molecule has 0 aliphatic carbocycles. The Morgan fingerprint density at radius 2 is 1.37 bits per heavy atom. The van der Waals surface area contributed by atoms with Crippen molar-refractivity contribution in [2.45, 2.75) is 12.4 Å². The standard InChI is InChI=1S/C19H11F6N3O2/c20-18(21,22)13-7-3-1-5-11(13)16-26-17(28(27-16)10-9-15(29)30)12-6-2-4-8-14(12)19(23,24)25/h1-10H,(H,29,30). The van der Waals surface area contributed by atoms with Crippen molar-refractivity contribution >= 4 is 12.2 Å². The van der Waals surface area contributed by atoms with Gasteiger partial charge in [-0.15, -0.1) is 5.10 Å². The zero-order valence-electron chi connectivity index (χ0n) is 14.7. The molecule has 30 heavy (non-hydrogen) atoms. The van der Waals surface area contributed by atoms with Crippen molar-refractivity contribution in [2.75, 3.05) is 0 Å². The minimum Gasteiger partial charge on any atom is -0.478 e. The number of rotatable bonds is 4. The van der Waals surface area contributed by atoms with Crippen LogP contribution in [-0.2, 0) is 17.1 Å². The number of carboxylic acids is 1. The third-order valence-electron chi connectivity index (χ3n) is 3.94. The van der Waals surface area contributed by atoms with Crippen LogP contribution in [0.1, 0.15) is 11.1 Å². The van der Waals surface area contributed by atoms with Gasteiger partial charge >= 0.3 is 18.3 Å². The summed E-state index contributed by atoms with van der Waals surface area (Å²) < 4.78 is 80.9. The van der Waals surface area contributed by atoms with Gasteiger partial charge in [-0.3, -0.25) is 0 Å². The second-order valence-corrected chi connectivity index (χ2v) is 5.94. The number of nitrogens with zero attached hydrogens (tertiary/aromatic N) is 3. The summed E-state index contributed by atoms with van der Waals surface area (Å²) in [6.45, 7) is 0. The topological polar surface area (TPSA) is 68.0 Å². The molecule has 0 fully saturated rings. The molecule has 2 aromatic carbocycles. The van der Waals surface area contributed by atoms with Crippen LogP contribution < -0.4 is 0 Å². The molecule has 3 aromatic rings. The molecule has 0 amide bonds. The Morgan fingerprint density at radius 3 is 1.90 bits per heavy atom. The van der Waals surface area contributed by atoms with Crippen molar-refractivity contribution in [3.05, 3.63) is 65.7 Å². The normalized spacial score (nSPS) is 12.5. The van der Waals surface area contributed by atoms with Crippen LogP contribution in [0, 0.1) is 0 Å². The molecular weight excluding hydrogens is 416 g/mol. The molecule has 1 N–H and O–H groups in total. The first kappa shape index (κ1) is 21.1. The average Bonchev–Trinajstić information content (AvgIpc) is 3.09. The summed E-state index contributed by atoms with van der Waals surface area (Å²) in [6, 6.07) is 8.56. The highest BCUT2D eigenvalue weighted by atomic mass is 19.4. The molecule has 156 valence electrons. The third kappa shape index (κ3) is 4.34. The summed E-state index contributed by atoms with van der Waals surface area (Å²) in [5.74, 6) is -2.41. The highest BCUT2D eigenvalue weighted by Crippen LogP contribution is 2.39. The van der Waals surface area contributed by atoms with Crippen LogP contribution in [0.5, 0.6) is 0 Å². The van der Waals surface area contributed by atoms with Crippen molar-refractivity contribution in [3.8, 4) is 22.8 Å². The first-order valence-corrected chi connectivity index (χ1v) is 8.19. The number of hydrogen-bond acceptors (Lipinski definition) is 3. The van der Waals surface area contributed by atoms with Crippen molar-refractivity contribution < 1.29 is 36.2 Å². The van der Waals surface area contributed by atoms with Crippen molar-refractivity contribution in [2.24, 2.45) is 0 Å². The van der Waals surface area contributed by atoms with E-state index in [1.807, 2.05) is 0 Å². The van der Waals surface area contributed by atoms with Gasteiger partial charge in [0, 0.05) is 23.4 Å². The van der Waals surface area contributed by atoms with E-state index in [0.29, 0.717) is 10.8 Å². The van der Waals surface area contributed by atoms with Crippen LogP contribution in [0.15, 0.2) is 54.6 Å². The lowest BCUT2D eigenvalue weighted by Gasteiger charge is -2.11. The van der Waals surface area contributed by atoms with E-state index in [4.69, 9.17) is 5.11 Å². The number of alkyl halides is 6. The molecule has 0 atom stereocenters. The molecule has 0 spiro atoms. The van der Waals surface area contributed by atoms with Gasteiger partial charge in [0.05, 0.1) is 11.1 Å². The minimum atomic E-state index is -4.78. The fourth-order valence-corrected chi connectivity index (χ4v) is 2.71. The van der Waals surface area contributed by atoms with Crippen molar-refractivity contribution in [3.63, 3.8) is 0 Å². The molecule has 11 heteroatoms. The van der Waals surface area contributed by atoms with E-state index >= 15 is 0 Å². The predicted molar refractivity (Wildman–Crippen MR) is 93.9 cm³/mol. The number of halogens is 6. The molecular formula is C19H11F6N3O2. The van der Waals surface area contributed by atoms with Gasteiger partial charge in [0.1, 0.15) is 0 Å². The van der Waals surface area contributed by atoms with E-state index in [1.165, 1.54) is 12.1 Å². The monoisotopic (exact) mass is 427 g/mol. The quantitative estimate of drug-likeness (QED) is 0.459. The van der Waals surface area contributed by atoms with Crippen LogP contribution in [-0.4, -0.2) is 25.8 Å². The van der Waals surface area contributed by atoms with E-state index in [0.717, 1.165) is 42.6 Å². The lowest BCUT2D eigenvalue weighted by Crippen LogP contribution is -2.08. The molecule has 0 unspecified atom stereocenters. The molecule has 0 aliphatic heterocycles. The molecule has 0 bridgehead atoms. The lowest BCUT2D eigenvalue weighted by molar-refractivity contribution is -0.137. The highest BCUT2D eigenvalue weighted by Gasteiger charge is 2.36. The van der Waals surface area contributed by atoms with Crippen LogP contribution >= 0.6 is 0 Å². The Balaban J connectivity index is 2.27. The van der Waals surface area contributed by atoms with Crippen LogP contribution in [0.25, 0.3) is 29.0 Å². The highest BCUT2D eigenvalue weighted by molar-refractivity contribution is 5.83. The molecule has 1 aromatic heterocycles. The Hall–Kier alpha value is -3.63. The maximum absolute atomic E-state index is 13.4. The van der Waals surface area contributed by atoms with Crippen LogP contribution in [0.3, 0.4) is 0 Å². The fraction of sp³-hybridized carbons (Fsp3) is 0.105. The van der Waals surface area contributed by atoms with Gasteiger partial charge in [-0.05, 0) is 12.1 Å². The Morgan fingerprint density at radius 1 is 0.867 bits per heavy atom.